The Labute approximate surface area is 127 Å². The predicted octanol–water partition coefficient (Wildman–Crippen LogP) is 3.78. The fourth-order valence-electron chi connectivity index (χ4n) is 2.18. The molecule has 0 fully saturated rings. The second-order valence-electron chi connectivity index (χ2n) is 4.55. The normalized spacial score (nSPS) is 10.6. The summed E-state index contributed by atoms with van der Waals surface area (Å²) < 4.78 is 7.05. The van der Waals surface area contributed by atoms with Gasteiger partial charge >= 0.3 is 0 Å². The summed E-state index contributed by atoms with van der Waals surface area (Å²) in [6, 6.07) is 16.9. The quantitative estimate of drug-likeness (QED) is 0.800. The second kappa shape index (κ2) is 5.50. The standard InChI is InChI=1S/C16H14ClN3O/c1-21-15-8-7-11(17)9-13(15)14-10-16(18)20(19-14)12-5-3-2-4-6-12/h2-10H,18H2,1H3. The Balaban J connectivity index is 2.12. The van der Waals surface area contributed by atoms with Crippen LogP contribution in [0.25, 0.3) is 16.9 Å². The lowest BCUT2D eigenvalue weighted by Crippen LogP contribution is -2.01. The summed E-state index contributed by atoms with van der Waals surface area (Å²) in [6.07, 6.45) is 0. The van der Waals surface area contributed by atoms with E-state index >= 15 is 0 Å². The van der Waals surface area contributed by atoms with Crippen molar-refractivity contribution in [3.63, 3.8) is 0 Å². The number of rotatable bonds is 3. The molecule has 0 unspecified atom stereocenters. The number of hydrogen-bond acceptors (Lipinski definition) is 3. The number of nitrogen functional groups attached to an aromatic ring is 1. The van der Waals surface area contributed by atoms with E-state index in [1.165, 1.54) is 0 Å². The van der Waals surface area contributed by atoms with E-state index in [4.69, 9.17) is 22.1 Å². The number of methoxy groups -OCH3 is 1. The molecule has 4 nitrogen and oxygen atoms in total. The Hall–Kier alpha value is -2.46. The molecule has 3 aromatic rings. The fraction of sp³-hybridized carbons (Fsp3) is 0.0625. The van der Waals surface area contributed by atoms with E-state index in [1.807, 2.05) is 42.5 Å². The van der Waals surface area contributed by atoms with E-state index in [0.717, 1.165) is 16.9 Å². The van der Waals surface area contributed by atoms with Gasteiger partial charge in [-0.05, 0) is 30.3 Å². The van der Waals surface area contributed by atoms with Gasteiger partial charge in [0.15, 0.2) is 0 Å². The van der Waals surface area contributed by atoms with E-state index in [1.54, 1.807) is 23.9 Å². The number of para-hydroxylation sites is 1. The molecule has 0 amide bonds. The van der Waals surface area contributed by atoms with E-state index < -0.39 is 0 Å². The summed E-state index contributed by atoms with van der Waals surface area (Å²) in [4.78, 5) is 0. The van der Waals surface area contributed by atoms with Crippen molar-refractivity contribution in [2.75, 3.05) is 12.8 Å². The monoisotopic (exact) mass is 299 g/mol. The van der Waals surface area contributed by atoms with Crippen LogP contribution >= 0.6 is 11.6 Å². The maximum absolute atomic E-state index is 6.07. The zero-order valence-electron chi connectivity index (χ0n) is 11.5. The molecule has 0 spiro atoms. The van der Waals surface area contributed by atoms with Gasteiger partial charge in [-0.2, -0.15) is 5.10 Å². The molecule has 1 aromatic heterocycles. The highest BCUT2D eigenvalue weighted by Crippen LogP contribution is 2.33. The number of nitrogens with zero attached hydrogens (tertiary/aromatic N) is 2. The highest BCUT2D eigenvalue weighted by molar-refractivity contribution is 6.30. The van der Waals surface area contributed by atoms with Crippen molar-refractivity contribution in [2.24, 2.45) is 0 Å². The molecule has 21 heavy (non-hydrogen) atoms. The van der Waals surface area contributed by atoms with Crippen LogP contribution in [0.4, 0.5) is 5.82 Å². The minimum absolute atomic E-state index is 0.554. The van der Waals surface area contributed by atoms with E-state index in [-0.39, 0.29) is 0 Å². The van der Waals surface area contributed by atoms with Crippen LogP contribution in [0.1, 0.15) is 0 Å². The minimum Gasteiger partial charge on any atom is -0.496 e. The van der Waals surface area contributed by atoms with Gasteiger partial charge in [-0.25, -0.2) is 4.68 Å². The number of nitrogens with two attached hydrogens (primary N) is 1. The summed E-state index contributed by atoms with van der Waals surface area (Å²) in [6.45, 7) is 0. The molecule has 2 N–H and O–H groups in total. The third kappa shape index (κ3) is 2.58. The molecular weight excluding hydrogens is 286 g/mol. The van der Waals surface area contributed by atoms with Crippen molar-refractivity contribution in [3.8, 4) is 22.7 Å². The molecule has 5 heteroatoms. The topological polar surface area (TPSA) is 53.1 Å². The van der Waals surface area contributed by atoms with Gasteiger partial charge in [0.2, 0.25) is 0 Å². The molecule has 1 heterocycles. The van der Waals surface area contributed by atoms with Gasteiger partial charge in [-0.3, -0.25) is 0 Å². The first-order chi connectivity index (χ1) is 10.2. The maximum Gasteiger partial charge on any atom is 0.128 e. The molecule has 3 rings (SSSR count). The Bertz CT molecular complexity index is 768. The summed E-state index contributed by atoms with van der Waals surface area (Å²) in [5, 5.41) is 5.18. The first-order valence-electron chi connectivity index (χ1n) is 6.44. The van der Waals surface area contributed by atoms with Crippen molar-refractivity contribution in [3.05, 3.63) is 59.6 Å². The van der Waals surface area contributed by atoms with Gasteiger partial charge in [-0.1, -0.05) is 29.8 Å². The number of ether oxygens (including phenoxy) is 1. The molecule has 0 saturated heterocycles. The van der Waals surface area contributed by atoms with Crippen molar-refractivity contribution >= 4 is 17.4 Å². The Morgan fingerprint density at radius 1 is 1.10 bits per heavy atom. The highest BCUT2D eigenvalue weighted by atomic mass is 35.5. The van der Waals surface area contributed by atoms with Crippen LogP contribution in [-0.2, 0) is 0 Å². The van der Waals surface area contributed by atoms with Gasteiger partial charge in [0.05, 0.1) is 18.5 Å². The van der Waals surface area contributed by atoms with Crippen LogP contribution in [-0.4, -0.2) is 16.9 Å². The lowest BCUT2D eigenvalue weighted by atomic mass is 10.1. The third-order valence-corrected chi connectivity index (χ3v) is 3.41. The van der Waals surface area contributed by atoms with Gasteiger partial charge in [-0.15, -0.1) is 0 Å². The second-order valence-corrected chi connectivity index (χ2v) is 4.98. The highest BCUT2D eigenvalue weighted by Gasteiger charge is 2.13. The molecule has 106 valence electrons. The number of hydrogen-bond donors (Lipinski definition) is 1. The molecule has 2 aromatic carbocycles. The van der Waals surface area contributed by atoms with Crippen LogP contribution in [0, 0.1) is 0 Å². The largest absolute Gasteiger partial charge is 0.496 e. The van der Waals surface area contributed by atoms with Gasteiger partial charge in [0.1, 0.15) is 11.6 Å². The SMILES string of the molecule is COc1ccc(Cl)cc1-c1cc(N)n(-c2ccccc2)n1. The maximum atomic E-state index is 6.07. The summed E-state index contributed by atoms with van der Waals surface area (Å²) >= 11 is 6.07. The molecular formula is C16H14ClN3O. The van der Waals surface area contributed by atoms with E-state index in [9.17, 15) is 0 Å². The Kier molecular flexibility index (Phi) is 3.54. The fourth-order valence-corrected chi connectivity index (χ4v) is 2.36. The number of benzene rings is 2. The zero-order valence-corrected chi connectivity index (χ0v) is 12.2. The first kappa shape index (κ1) is 13.5. The molecule has 0 aliphatic heterocycles. The average molecular weight is 300 g/mol. The summed E-state index contributed by atoms with van der Waals surface area (Å²) in [7, 11) is 1.62. The Morgan fingerprint density at radius 3 is 2.57 bits per heavy atom. The van der Waals surface area contributed by atoms with E-state index in [0.29, 0.717) is 16.6 Å². The average Bonchev–Trinajstić information content (AvgIpc) is 2.90. The van der Waals surface area contributed by atoms with Crippen LogP contribution in [0.3, 0.4) is 0 Å². The zero-order chi connectivity index (χ0) is 14.8. The molecule has 0 atom stereocenters. The van der Waals surface area contributed by atoms with E-state index in [2.05, 4.69) is 5.10 Å². The number of halogens is 1. The van der Waals surface area contributed by atoms with Crippen molar-refractivity contribution in [2.45, 2.75) is 0 Å². The van der Waals surface area contributed by atoms with Gasteiger partial charge in [0.25, 0.3) is 0 Å². The Morgan fingerprint density at radius 2 is 1.86 bits per heavy atom. The van der Waals surface area contributed by atoms with Crippen LogP contribution in [0.2, 0.25) is 5.02 Å². The van der Waals surface area contributed by atoms with Crippen LogP contribution in [0.15, 0.2) is 54.6 Å². The minimum atomic E-state index is 0.554. The van der Waals surface area contributed by atoms with Crippen molar-refractivity contribution in [1.82, 2.24) is 9.78 Å². The lowest BCUT2D eigenvalue weighted by Gasteiger charge is -2.06. The molecule has 0 saturated carbocycles. The van der Waals surface area contributed by atoms with Gasteiger partial charge < -0.3 is 10.5 Å². The van der Waals surface area contributed by atoms with Gasteiger partial charge in [0, 0.05) is 16.7 Å². The van der Waals surface area contributed by atoms with Crippen molar-refractivity contribution in [1.29, 1.82) is 0 Å². The summed E-state index contributed by atoms with van der Waals surface area (Å²) in [5.74, 6) is 1.26. The smallest absolute Gasteiger partial charge is 0.128 e. The summed E-state index contributed by atoms with van der Waals surface area (Å²) in [5.41, 5.74) is 8.50. The molecule has 0 aliphatic rings. The molecule has 0 bridgehead atoms. The molecule has 0 radical (unpaired) electrons. The number of aromatic nitrogens is 2. The van der Waals surface area contributed by atoms with Crippen LogP contribution in [0.5, 0.6) is 5.75 Å². The lowest BCUT2D eigenvalue weighted by molar-refractivity contribution is 0.416. The van der Waals surface area contributed by atoms with Crippen LogP contribution < -0.4 is 10.5 Å². The molecule has 0 aliphatic carbocycles. The predicted molar refractivity (Wildman–Crippen MR) is 85.0 cm³/mol. The van der Waals surface area contributed by atoms with Crippen molar-refractivity contribution < 1.29 is 4.74 Å². The third-order valence-electron chi connectivity index (χ3n) is 3.18. The first-order valence-corrected chi connectivity index (χ1v) is 6.81. The number of anilines is 1.